The Balaban J connectivity index is 2.21. The van der Waals surface area contributed by atoms with E-state index in [4.69, 9.17) is 0 Å². The number of nitrogens with one attached hydrogen (secondary N) is 1. The Morgan fingerprint density at radius 3 is 2.52 bits per heavy atom. The fraction of sp³-hybridized carbons (Fsp3) is 0.211. The number of hydrogen-bond acceptors (Lipinski definition) is 2. The first-order valence-corrected chi connectivity index (χ1v) is 7.28. The molecule has 0 radical (unpaired) electrons. The molecule has 2 heteroatoms. The van der Waals surface area contributed by atoms with E-state index in [9.17, 15) is 0 Å². The van der Waals surface area contributed by atoms with Crippen LogP contribution in [0.3, 0.4) is 0 Å². The van der Waals surface area contributed by atoms with Crippen molar-refractivity contribution in [1.82, 2.24) is 10.3 Å². The van der Waals surface area contributed by atoms with E-state index in [1.165, 1.54) is 33.0 Å². The molecular formula is C19H20N2. The average Bonchev–Trinajstić information content (AvgIpc) is 2.52. The number of hydrogen-bond donors (Lipinski definition) is 1. The molecule has 1 atom stereocenters. The van der Waals surface area contributed by atoms with Crippen LogP contribution in [-0.2, 0) is 0 Å². The zero-order valence-corrected chi connectivity index (χ0v) is 12.7. The third-order valence-electron chi connectivity index (χ3n) is 4.27. The van der Waals surface area contributed by atoms with Crippen LogP contribution < -0.4 is 5.32 Å². The Kier molecular flexibility index (Phi) is 3.72. The molecule has 0 amide bonds. The van der Waals surface area contributed by atoms with Crippen molar-refractivity contribution in [1.29, 1.82) is 0 Å². The molecule has 1 N–H and O–H groups in total. The molecule has 3 rings (SSSR count). The molecule has 2 nitrogen and oxygen atoms in total. The number of fused-ring (bicyclic) bond motifs is 1. The number of pyridine rings is 1. The zero-order chi connectivity index (χ0) is 14.8. The molecule has 1 aromatic heterocycles. The fourth-order valence-electron chi connectivity index (χ4n) is 2.96. The minimum Gasteiger partial charge on any atom is -0.309 e. The van der Waals surface area contributed by atoms with Crippen LogP contribution in [0.1, 0.15) is 28.3 Å². The van der Waals surface area contributed by atoms with Crippen LogP contribution in [0.5, 0.6) is 0 Å². The van der Waals surface area contributed by atoms with E-state index in [1.807, 2.05) is 19.4 Å². The SMILES string of the molecule is CNC(c1cccc(C)c1C)c1cccc2cnccc12. The molecule has 0 aliphatic heterocycles. The smallest absolute Gasteiger partial charge is 0.0583 e. The number of rotatable bonds is 3. The average molecular weight is 276 g/mol. The van der Waals surface area contributed by atoms with Gasteiger partial charge in [0.25, 0.3) is 0 Å². The van der Waals surface area contributed by atoms with Gasteiger partial charge >= 0.3 is 0 Å². The van der Waals surface area contributed by atoms with Gasteiger partial charge in [-0.15, -0.1) is 0 Å². The second-order valence-corrected chi connectivity index (χ2v) is 5.45. The van der Waals surface area contributed by atoms with E-state index in [2.05, 4.69) is 66.6 Å². The third-order valence-corrected chi connectivity index (χ3v) is 4.27. The van der Waals surface area contributed by atoms with Gasteiger partial charge < -0.3 is 5.32 Å². The highest BCUT2D eigenvalue weighted by Gasteiger charge is 2.17. The molecule has 21 heavy (non-hydrogen) atoms. The molecule has 106 valence electrons. The van der Waals surface area contributed by atoms with Crippen LogP contribution in [0, 0.1) is 13.8 Å². The molecule has 0 saturated heterocycles. The van der Waals surface area contributed by atoms with E-state index in [0.29, 0.717) is 0 Å². The minimum atomic E-state index is 0.191. The Labute approximate surface area is 125 Å². The van der Waals surface area contributed by atoms with Gasteiger partial charge in [-0.25, -0.2) is 0 Å². The van der Waals surface area contributed by atoms with E-state index >= 15 is 0 Å². The standard InChI is InChI=1S/C19H20N2/c1-13-6-4-8-16(14(13)2)19(20-3)18-9-5-7-15-12-21-11-10-17(15)18/h4-12,19-20H,1-3H3. The lowest BCUT2D eigenvalue weighted by Gasteiger charge is -2.22. The first kappa shape index (κ1) is 13.8. The molecule has 2 aromatic carbocycles. The van der Waals surface area contributed by atoms with Crippen LogP contribution in [0.25, 0.3) is 10.8 Å². The molecule has 1 unspecified atom stereocenters. The molecule has 0 saturated carbocycles. The van der Waals surface area contributed by atoms with Gasteiger partial charge in [0.15, 0.2) is 0 Å². The lowest BCUT2D eigenvalue weighted by Crippen LogP contribution is -2.19. The fourth-order valence-corrected chi connectivity index (χ4v) is 2.96. The van der Waals surface area contributed by atoms with Crippen molar-refractivity contribution in [2.75, 3.05) is 7.05 Å². The number of aromatic nitrogens is 1. The number of benzene rings is 2. The first-order chi connectivity index (χ1) is 10.2. The van der Waals surface area contributed by atoms with Crippen LogP contribution >= 0.6 is 0 Å². The van der Waals surface area contributed by atoms with Gasteiger partial charge in [0.05, 0.1) is 6.04 Å². The highest BCUT2D eigenvalue weighted by molar-refractivity contribution is 5.85. The molecular weight excluding hydrogens is 256 g/mol. The first-order valence-electron chi connectivity index (χ1n) is 7.28. The summed E-state index contributed by atoms with van der Waals surface area (Å²) >= 11 is 0. The maximum absolute atomic E-state index is 4.22. The Bertz CT molecular complexity index is 772. The second kappa shape index (κ2) is 5.66. The number of aryl methyl sites for hydroxylation is 1. The van der Waals surface area contributed by atoms with Gasteiger partial charge in [-0.3, -0.25) is 4.98 Å². The van der Waals surface area contributed by atoms with Crippen molar-refractivity contribution < 1.29 is 0 Å². The quantitative estimate of drug-likeness (QED) is 0.777. The Hall–Kier alpha value is -2.19. The molecule has 0 aliphatic rings. The van der Waals surface area contributed by atoms with Crippen LogP contribution in [-0.4, -0.2) is 12.0 Å². The summed E-state index contributed by atoms with van der Waals surface area (Å²) in [5.74, 6) is 0. The Morgan fingerprint density at radius 2 is 1.71 bits per heavy atom. The molecule has 3 aromatic rings. The van der Waals surface area contributed by atoms with E-state index in [-0.39, 0.29) is 6.04 Å². The van der Waals surface area contributed by atoms with Crippen molar-refractivity contribution >= 4 is 10.8 Å². The van der Waals surface area contributed by atoms with Crippen molar-refractivity contribution in [3.8, 4) is 0 Å². The number of nitrogens with zero attached hydrogens (tertiary/aromatic N) is 1. The summed E-state index contributed by atoms with van der Waals surface area (Å²) in [4.78, 5) is 4.22. The van der Waals surface area contributed by atoms with Crippen molar-refractivity contribution in [2.24, 2.45) is 0 Å². The summed E-state index contributed by atoms with van der Waals surface area (Å²) in [7, 11) is 2.02. The molecule has 1 heterocycles. The second-order valence-electron chi connectivity index (χ2n) is 5.45. The summed E-state index contributed by atoms with van der Waals surface area (Å²) < 4.78 is 0. The predicted molar refractivity (Wildman–Crippen MR) is 88.6 cm³/mol. The normalized spacial score (nSPS) is 12.5. The highest BCUT2D eigenvalue weighted by atomic mass is 14.9. The van der Waals surface area contributed by atoms with E-state index < -0.39 is 0 Å². The largest absolute Gasteiger partial charge is 0.309 e. The van der Waals surface area contributed by atoms with Crippen molar-refractivity contribution in [3.63, 3.8) is 0 Å². The molecule has 0 spiro atoms. The maximum atomic E-state index is 4.22. The van der Waals surface area contributed by atoms with E-state index in [1.54, 1.807) is 0 Å². The predicted octanol–water partition coefficient (Wildman–Crippen LogP) is 4.16. The zero-order valence-electron chi connectivity index (χ0n) is 12.7. The highest BCUT2D eigenvalue weighted by Crippen LogP contribution is 2.30. The molecule has 0 bridgehead atoms. The molecule has 0 aliphatic carbocycles. The van der Waals surface area contributed by atoms with Crippen molar-refractivity contribution in [3.05, 3.63) is 77.1 Å². The monoisotopic (exact) mass is 276 g/mol. The summed E-state index contributed by atoms with van der Waals surface area (Å²) in [6.45, 7) is 4.36. The lowest BCUT2D eigenvalue weighted by molar-refractivity contribution is 0.691. The van der Waals surface area contributed by atoms with Crippen LogP contribution in [0.2, 0.25) is 0 Å². The summed E-state index contributed by atoms with van der Waals surface area (Å²) in [5.41, 5.74) is 5.31. The topological polar surface area (TPSA) is 24.9 Å². The summed E-state index contributed by atoms with van der Waals surface area (Å²) in [5, 5.41) is 5.91. The van der Waals surface area contributed by atoms with Gasteiger partial charge in [-0.2, -0.15) is 0 Å². The van der Waals surface area contributed by atoms with Crippen molar-refractivity contribution in [2.45, 2.75) is 19.9 Å². The van der Waals surface area contributed by atoms with Crippen LogP contribution in [0.15, 0.2) is 54.9 Å². The molecule has 0 fully saturated rings. The van der Waals surface area contributed by atoms with Gasteiger partial charge in [0, 0.05) is 17.8 Å². The van der Waals surface area contributed by atoms with E-state index in [0.717, 1.165) is 0 Å². The Morgan fingerprint density at radius 1 is 0.952 bits per heavy atom. The van der Waals surface area contributed by atoms with Gasteiger partial charge in [-0.05, 0) is 54.6 Å². The summed E-state index contributed by atoms with van der Waals surface area (Å²) in [6.07, 6.45) is 3.79. The van der Waals surface area contributed by atoms with Crippen LogP contribution in [0.4, 0.5) is 0 Å². The minimum absolute atomic E-state index is 0.191. The van der Waals surface area contributed by atoms with Gasteiger partial charge in [0.1, 0.15) is 0 Å². The van der Waals surface area contributed by atoms with Gasteiger partial charge in [-0.1, -0.05) is 36.4 Å². The lowest BCUT2D eigenvalue weighted by atomic mass is 9.90. The summed E-state index contributed by atoms with van der Waals surface area (Å²) in [6, 6.07) is 15.2. The third kappa shape index (κ3) is 2.43. The maximum Gasteiger partial charge on any atom is 0.0583 e. The van der Waals surface area contributed by atoms with Gasteiger partial charge in [0.2, 0.25) is 0 Å².